The fraction of sp³-hybridized carbons (Fsp3) is 0.529. The second-order valence-electron chi connectivity index (χ2n) is 5.99. The van der Waals surface area contributed by atoms with E-state index in [2.05, 4.69) is 6.07 Å². The molecule has 0 aromatic heterocycles. The third-order valence-corrected chi connectivity index (χ3v) is 4.20. The van der Waals surface area contributed by atoms with Gasteiger partial charge >= 0.3 is 0 Å². The highest BCUT2D eigenvalue weighted by atomic mass is 16.3. The molecule has 1 aliphatic rings. The average Bonchev–Trinajstić information content (AvgIpc) is 2.91. The number of carbonyl (C=O) groups is 1. The van der Waals surface area contributed by atoms with Crippen molar-refractivity contribution in [1.82, 2.24) is 4.90 Å². The van der Waals surface area contributed by atoms with E-state index in [1.54, 1.807) is 24.1 Å². The van der Waals surface area contributed by atoms with Gasteiger partial charge in [-0.05, 0) is 37.0 Å². The minimum absolute atomic E-state index is 0.0553. The molecule has 0 saturated heterocycles. The van der Waals surface area contributed by atoms with E-state index in [0.29, 0.717) is 24.9 Å². The Labute approximate surface area is 126 Å². The summed E-state index contributed by atoms with van der Waals surface area (Å²) in [6, 6.07) is 9.39. The number of benzene rings is 1. The molecule has 4 heteroatoms. The van der Waals surface area contributed by atoms with Gasteiger partial charge in [-0.3, -0.25) is 4.79 Å². The number of aliphatic hydroxyl groups is 1. The molecule has 1 fully saturated rings. The lowest BCUT2D eigenvalue weighted by molar-refractivity contribution is -0.133. The first-order valence-electron chi connectivity index (χ1n) is 7.48. The van der Waals surface area contributed by atoms with Crippen molar-refractivity contribution in [3.8, 4) is 6.07 Å². The molecule has 4 nitrogen and oxygen atoms in total. The Morgan fingerprint density at radius 2 is 1.95 bits per heavy atom. The normalized spacial score (nSPS) is 16.4. The molecule has 0 heterocycles. The van der Waals surface area contributed by atoms with E-state index in [0.717, 1.165) is 31.2 Å². The van der Waals surface area contributed by atoms with Gasteiger partial charge in [-0.25, -0.2) is 0 Å². The number of hydrogen-bond donors (Lipinski definition) is 1. The molecule has 1 aromatic rings. The molecule has 2 rings (SSSR count). The van der Waals surface area contributed by atoms with Gasteiger partial charge in [-0.1, -0.05) is 25.0 Å². The van der Waals surface area contributed by atoms with Crippen molar-refractivity contribution in [2.45, 2.75) is 44.1 Å². The van der Waals surface area contributed by atoms with Gasteiger partial charge in [0.15, 0.2) is 0 Å². The zero-order valence-electron chi connectivity index (χ0n) is 12.5. The number of nitriles is 1. The molecule has 0 unspecified atom stereocenters. The van der Waals surface area contributed by atoms with Crippen LogP contribution in [-0.4, -0.2) is 35.1 Å². The summed E-state index contributed by atoms with van der Waals surface area (Å²) in [6.45, 7) is 0.430. The SMILES string of the molecule is CN(CC1(O)CCCC1)C(=O)CCc1ccc(C#N)cc1. The lowest BCUT2D eigenvalue weighted by Crippen LogP contribution is -2.42. The van der Waals surface area contributed by atoms with Crippen LogP contribution >= 0.6 is 0 Å². The third-order valence-electron chi connectivity index (χ3n) is 4.20. The quantitative estimate of drug-likeness (QED) is 0.903. The Kier molecular flexibility index (Phi) is 4.98. The van der Waals surface area contributed by atoms with E-state index < -0.39 is 5.60 Å². The van der Waals surface area contributed by atoms with Gasteiger partial charge in [0.2, 0.25) is 5.91 Å². The topological polar surface area (TPSA) is 64.3 Å². The van der Waals surface area contributed by atoms with Crippen molar-refractivity contribution in [2.24, 2.45) is 0 Å². The van der Waals surface area contributed by atoms with Crippen LogP contribution in [0.4, 0.5) is 0 Å². The van der Waals surface area contributed by atoms with Gasteiger partial charge in [0.1, 0.15) is 0 Å². The number of nitrogens with zero attached hydrogens (tertiary/aromatic N) is 2. The van der Waals surface area contributed by atoms with E-state index >= 15 is 0 Å². The van der Waals surface area contributed by atoms with E-state index in [-0.39, 0.29) is 5.91 Å². The molecule has 112 valence electrons. The molecule has 0 radical (unpaired) electrons. The summed E-state index contributed by atoms with van der Waals surface area (Å²) in [7, 11) is 1.76. The second-order valence-corrected chi connectivity index (χ2v) is 5.99. The molecule has 0 spiro atoms. The second kappa shape index (κ2) is 6.73. The van der Waals surface area contributed by atoms with E-state index in [1.807, 2.05) is 12.1 Å². The largest absolute Gasteiger partial charge is 0.388 e. The highest BCUT2D eigenvalue weighted by Gasteiger charge is 2.33. The number of rotatable bonds is 5. The summed E-state index contributed by atoms with van der Waals surface area (Å²) in [5.41, 5.74) is 1.000. The van der Waals surface area contributed by atoms with Crippen LogP contribution in [0.5, 0.6) is 0 Å². The maximum absolute atomic E-state index is 12.1. The van der Waals surface area contributed by atoms with Crippen LogP contribution in [0.3, 0.4) is 0 Å². The minimum Gasteiger partial charge on any atom is -0.388 e. The zero-order chi connectivity index (χ0) is 15.3. The van der Waals surface area contributed by atoms with Gasteiger partial charge < -0.3 is 10.0 Å². The Morgan fingerprint density at radius 1 is 1.33 bits per heavy atom. The predicted octanol–water partition coefficient (Wildman–Crippen LogP) is 2.25. The number of aryl methyl sites for hydroxylation is 1. The van der Waals surface area contributed by atoms with Crippen LogP contribution in [0.2, 0.25) is 0 Å². The fourth-order valence-electron chi connectivity index (χ4n) is 2.91. The molecule has 0 aliphatic heterocycles. The van der Waals surface area contributed by atoms with Crippen LogP contribution in [0.1, 0.15) is 43.2 Å². The van der Waals surface area contributed by atoms with Crippen molar-refractivity contribution in [3.63, 3.8) is 0 Å². The Morgan fingerprint density at radius 3 is 2.52 bits per heavy atom. The third kappa shape index (κ3) is 4.30. The van der Waals surface area contributed by atoms with E-state index in [4.69, 9.17) is 5.26 Å². The van der Waals surface area contributed by atoms with Crippen LogP contribution in [-0.2, 0) is 11.2 Å². The van der Waals surface area contributed by atoms with Gasteiger partial charge in [0.05, 0.1) is 17.2 Å². The zero-order valence-corrected chi connectivity index (χ0v) is 12.5. The first kappa shape index (κ1) is 15.5. The molecule has 1 amide bonds. The first-order valence-corrected chi connectivity index (χ1v) is 7.48. The summed E-state index contributed by atoms with van der Waals surface area (Å²) < 4.78 is 0. The molecule has 21 heavy (non-hydrogen) atoms. The molecule has 1 aromatic carbocycles. The number of amides is 1. The van der Waals surface area contributed by atoms with Crippen molar-refractivity contribution >= 4 is 5.91 Å². The molecular weight excluding hydrogens is 264 g/mol. The van der Waals surface area contributed by atoms with Gasteiger partial charge in [-0.15, -0.1) is 0 Å². The maximum atomic E-state index is 12.1. The van der Waals surface area contributed by atoms with Gasteiger partial charge in [0, 0.05) is 20.0 Å². The first-order chi connectivity index (χ1) is 10.0. The molecule has 1 N–H and O–H groups in total. The lowest BCUT2D eigenvalue weighted by atomic mass is 10.0. The van der Waals surface area contributed by atoms with Crippen LogP contribution in [0.15, 0.2) is 24.3 Å². The van der Waals surface area contributed by atoms with Crippen LogP contribution in [0.25, 0.3) is 0 Å². The highest BCUT2D eigenvalue weighted by Crippen LogP contribution is 2.30. The average molecular weight is 286 g/mol. The molecular formula is C17H22N2O2. The summed E-state index contributed by atoms with van der Waals surface area (Å²) in [4.78, 5) is 13.8. The van der Waals surface area contributed by atoms with Crippen LogP contribution in [0, 0.1) is 11.3 Å². The van der Waals surface area contributed by atoms with Crippen LogP contribution < -0.4 is 0 Å². The van der Waals surface area contributed by atoms with Crippen molar-refractivity contribution in [2.75, 3.05) is 13.6 Å². The molecule has 1 saturated carbocycles. The van der Waals surface area contributed by atoms with E-state index in [9.17, 15) is 9.90 Å². The summed E-state index contributed by atoms with van der Waals surface area (Å²) in [5.74, 6) is 0.0553. The van der Waals surface area contributed by atoms with Gasteiger partial charge in [0.25, 0.3) is 0 Å². The maximum Gasteiger partial charge on any atom is 0.222 e. The summed E-state index contributed by atoms with van der Waals surface area (Å²) in [6.07, 6.45) is 4.76. The molecule has 1 aliphatic carbocycles. The highest BCUT2D eigenvalue weighted by molar-refractivity contribution is 5.76. The number of carbonyl (C=O) groups excluding carboxylic acids is 1. The molecule has 0 atom stereocenters. The van der Waals surface area contributed by atoms with Crippen molar-refractivity contribution in [1.29, 1.82) is 5.26 Å². The lowest BCUT2D eigenvalue weighted by Gasteiger charge is -2.28. The van der Waals surface area contributed by atoms with E-state index in [1.165, 1.54) is 0 Å². The standard InChI is InChI=1S/C17H22N2O2/c1-19(13-17(21)10-2-3-11-17)16(20)9-8-14-4-6-15(12-18)7-5-14/h4-7,21H,2-3,8-11,13H2,1H3. The monoisotopic (exact) mass is 286 g/mol. The fourth-order valence-corrected chi connectivity index (χ4v) is 2.91. The summed E-state index contributed by atoms with van der Waals surface area (Å²) in [5, 5.41) is 19.1. The predicted molar refractivity (Wildman–Crippen MR) is 80.5 cm³/mol. The number of hydrogen-bond acceptors (Lipinski definition) is 3. The van der Waals surface area contributed by atoms with Crippen molar-refractivity contribution < 1.29 is 9.90 Å². The summed E-state index contributed by atoms with van der Waals surface area (Å²) >= 11 is 0. The molecule has 0 bridgehead atoms. The minimum atomic E-state index is -0.682. The van der Waals surface area contributed by atoms with Gasteiger partial charge in [-0.2, -0.15) is 5.26 Å². The Bertz CT molecular complexity index is 525. The smallest absolute Gasteiger partial charge is 0.222 e. The Hall–Kier alpha value is -1.86. The van der Waals surface area contributed by atoms with Crippen molar-refractivity contribution in [3.05, 3.63) is 35.4 Å². The number of likely N-dealkylation sites (N-methyl/N-ethyl adjacent to an activating group) is 1. The Balaban J connectivity index is 1.81.